The second-order valence-electron chi connectivity index (χ2n) is 14.5. The van der Waals surface area contributed by atoms with Crippen molar-refractivity contribution < 1.29 is 37.0 Å². The number of fused-ring (bicyclic) bond motifs is 1. The molecule has 0 bridgehead atoms. The van der Waals surface area contributed by atoms with Crippen molar-refractivity contribution in [3.8, 4) is 22.9 Å². The molecular formula is C41H39F3N8O6. The second-order valence-corrected chi connectivity index (χ2v) is 14.5. The number of aromatic nitrogens is 5. The van der Waals surface area contributed by atoms with Crippen LogP contribution in [0.1, 0.15) is 43.2 Å². The van der Waals surface area contributed by atoms with Crippen molar-refractivity contribution >= 4 is 34.5 Å². The standard InChI is InChI=1S/C41H39F3N8O6/c1-41(2,3)58-40(55)50-19-16-31(30(44)23-50)48-36-34-33(15-17-46-37(34)52(49-36)22-24-5-12-28(56-4)13-6-24)57-32-14-9-26(21-29(32)43)47-38(53)35-39(54)51(20-18-45-35)27-10-7-25(42)8-11-27/h5-15,17-18,20-21,30-31H,16,19,22-23H2,1-4H3,(H,47,53)(H,48,49). The SMILES string of the molecule is COc1ccc(Cn2nc(NC3CCN(C(=O)OC(C)(C)C)CC3F)c3c(Oc4ccc(NC(=O)c5nccn(-c6ccc(F)cc6)c5=O)cc4F)ccnc32)cc1. The Morgan fingerprint density at radius 3 is 2.40 bits per heavy atom. The minimum absolute atomic E-state index is 0.00879. The highest BCUT2D eigenvalue weighted by atomic mass is 19.1. The topological polar surface area (TPSA) is 155 Å². The predicted molar refractivity (Wildman–Crippen MR) is 209 cm³/mol. The summed E-state index contributed by atoms with van der Waals surface area (Å²) in [7, 11) is 1.57. The van der Waals surface area contributed by atoms with Crippen LogP contribution in [-0.4, -0.2) is 79.2 Å². The van der Waals surface area contributed by atoms with Gasteiger partial charge in [-0.1, -0.05) is 12.1 Å². The number of carbonyl (C=O) groups is 2. The summed E-state index contributed by atoms with van der Waals surface area (Å²) >= 11 is 0. The maximum absolute atomic E-state index is 15.8. The van der Waals surface area contributed by atoms with Gasteiger partial charge in [-0.2, -0.15) is 5.10 Å². The number of piperidine rings is 1. The van der Waals surface area contributed by atoms with E-state index in [0.717, 1.165) is 16.2 Å². The van der Waals surface area contributed by atoms with E-state index in [0.29, 0.717) is 22.5 Å². The molecule has 6 aromatic rings. The number of likely N-dealkylation sites (tertiary alicyclic amines) is 1. The van der Waals surface area contributed by atoms with Gasteiger partial charge in [0.05, 0.1) is 26.2 Å². The lowest BCUT2D eigenvalue weighted by Gasteiger charge is -2.36. The number of rotatable bonds is 10. The fraction of sp³-hybridized carbons (Fsp3) is 0.268. The third-order valence-electron chi connectivity index (χ3n) is 9.17. The molecular weight excluding hydrogens is 757 g/mol. The molecule has 2 amide bonds. The smallest absolute Gasteiger partial charge is 0.410 e. The van der Waals surface area contributed by atoms with Gasteiger partial charge in [-0.25, -0.2) is 32.6 Å². The number of carbonyl (C=O) groups excluding carboxylic acids is 2. The van der Waals surface area contributed by atoms with Crippen LogP contribution in [0.5, 0.6) is 17.2 Å². The number of hydrogen-bond acceptors (Lipinski definition) is 10. The molecule has 17 heteroatoms. The molecule has 4 heterocycles. The van der Waals surface area contributed by atoms with Crippen LogP contribution < -0.4 is 25.7 Å². The molecule has 2 N–H and O–H groups in total. The fourth-order valence-corrected chi connectivity index (χ4v) is 6.35. The maximum atomic E-state index is 15.8. The Morgan fingerprint density at radius 2 is 1.71 bits per heavy atom. The average Bonchev–Trinajstić information content (AvgIpc) is 3.53. The van der Waals surface area contributed by atoms with E-state index in [-0.39, 0.29) is 49.1 Å². The molecule has 0 saturated carbocycles. The third kappa shape index (κ3) is 8.72. The Balaban J connectivity index is 1.14. The normalized spacial score (nSPS) is 15.5. The Hall–Kier alpha value is -6.91. The second kappa shape index (κ2) is 16.3. The summed E-state index contributed by atoms with van der Waals surface area (Å²) in [6.45, 7) is 5.53. The van der Waals surface area contributed by atoms with Crippen LogP contribution in [0.4, 0.5) is 29.5 Å². The van der Waals surface area contributed by atoms with E-state index in [1.807, 2.05) is 24.3 Å². The van der Waals surface area contributed by atoms with Gasteiger partial charge < -0.3 is 29.7 Å². The van der Waals surface area contributed by atoms with Crippen molar-refractivity contribution in [3.05, 3.63) is 125 Å². The van der Waals surface area contributed by atoms with Crippen LogP contribution in [0.15, 0.2) is 96.2 Å². The van der Waals surface area contributed by atoms with Gasteiger partial charge in [-0.3, -0.25) is 14.2 Å². The Morgan fingerprint density at radius 1 is 0.948 bits per heavy atom. The summed E-state index contributed by atoms with van der Waals surface area (Å²) in [5, 5.41) is 10.8. The van der Waals surface area contributed by atoms with Gasteiger partial charge in [0.15, 0.2) is 28.7 Å². The predicted octanol–water partition coefficient (Wildman–Crippen LogP) is 7.12. The lowest BCUT2D eigenvalue weighted by Crippen LogP contribution is -2.51. The minimum Gasteiger partial charge on any atom is -0.497 e. The number of nitrogens with zero attached hydrogens (tertiary/aromatic N) is 6. The van der Waals surface area contributed by atoms with Gasteiger partial charge in [0, 0.05) is 48.6 Å². The van der Waals surface area contributed by atoms with E-state index in [1.165, 1.54) is 66.0 Å². The van der Waals surface area contributed by atoms with Crippen molar-refractivity contribution in [2.24, 2.45) is 0 Å². The number of pyridine rings is 1. The van der Waals surface area contributed by atoms with Crippen molar-refractivity contribution in [1.29, 1.82) is 0 Å². The lowest BCUT2D eigenvalue weighted by atomic mass is 10.0. The zero-order valence-corrected chi connectivity index (χ0v) is 31.9. The van der Waals surface area contributed by atoms with E-state index in [4.69, 9.17) is 19.3 Å². The van der Waals surface area contributed by atoms with E-state index >= 15 is 8.78 Å². The van der Waals surface area contributed by atoms with Crippen molar-refractivity contribution in [1.82, 2.24) is 29.2 Å². The Kier molecular flexibility index (Phi) is 11.0. The number of anilines is 2. The van der Waals surface area contributed by atoms with Crippen LogP contribution in [0, 0.1) is 11.6 Å². The Labute approximate surface area is 330 Å². The first-order valence-electron chi connectivity index (χ1n) is 18.3. The summed E-state index contributed by atoms with van der Waals surface area (Å²) in [6, 6.07) is 16.9. The van der Waals surface area contributed by atoms with E-state index in [9.17, 15) is 18.8 Å². The van der Waals surface area contributed by atoms with Gasteiger partial charge in [0.25, 0.3) is 11.5 Å². The van der Waals surface area contributed by atoms with Gasteiger partial charge >= 0.3 is 6.09 Å². The molecule has 7 rings (SSSR count). The molecule has 300 valence electrons. The zero-order valence-electron chi connectivity index (χ0n) is 31.9. The van der Waals surface area contributed by atoms with E-state index < -0.39 is 52.7 Å². The van der Waals surface area contributed by atoms with E-state index in [1.54, 1.807) is 32.6 Å². The molecule has 1 fully saturated rings. The number of benzene rings is 3. The molecule has 1 aliphatic rings. The minimum atomic E-state index is -1.49. The molecule has 3 aromatic heterocycles. The molecule has 58 heavy (non-hydrogen) atoms. The van der Waals surface area contributed by atoms with Gasteiger partial charge in [0.2, 0.25) is 0 Å². The molecule has 2 unspecified atom stereocenters. The molecule has 1 saturated heterocycles. The summed E-state index contributed by atoms with van der Waals surface area (Å²) in [5.41, 5.74) is -0.412. The fourth-order valence-electron chi connectivity index (χ4n) is 6.35. The first-order chi connectivity index (χ1) is 27.8. The van der Waals surface area contributed by atoms with Gasteiger partial charge in [-0.05, 0) is 81.3 Å². The average molecular weight is 797 g/mol. The van der Waals surface area contributed by atoms with Crippen LogP contribution in [0.3, 0.4) is 0 Å². The first kappa shape index (κ1) is 39.3. The highest BCUT2D eigenvalue weighted by Crippen LogP contribution is 2.37. The Bertz CT molecular complexity index is 2520. The number of methoxy groups -OCH3 is 1. The molecule has 2 atom stereocenters. The number of alkyl halides is 1. The molecule has 1 aliphatic heterocycles. The van der Waals surface area contributed by atoms with E-state index in [2.05, 4.69) is 20.6 Å². The maximum Gasteiger partial charge on any atom is 0.410 e. The number of halogens is 3. The number of hydrogen-bond donors (Lipinski definition) is 2. The molecule has 0 aliphatic carbocycles. The van der Waals surface area contributed by atoms with Crippen LogP contribution in [-0.2, 0) is 11.3 Å². The summed E-state index contributed by atoms with van der Waals surface area (Å²) in [4.78, 5) is 48.7. The number of amides is 2. The molecule has 0 radical (unpaired) electrons. The molecule has 3 aromatic carbocycles. The lowest BCUT2D eigenvalue weighted by molar-refractivity contribution is 0.0125. The summed E-state index contributed by atoms with van der Waals surface area (Å²) < 4.78 is 64.5. The van der Waals surface area contributed by atoms with Crippen LogP contribution in [0.2, 0.25) is 0 Å². The van der Waals surface area contributed by atoms with Gasteiger partial charge in [-0.15, -0.1) is 0 Å². The quantitative estimate of drug-likeness (QED) is 0.147. The van der Waals surface area contributed by atoms with Crippen LogP contribution in [0.25, 0.3) is 16.7 Å². The monoisotopic (exact) mass is 796 g/mol. The number of ether oxygens (including phenoxy) is 3. The third-order valence-corrected chi connectivity index (χ3v) is 9.17. The molecule has 14 nitrogen and oxygen atoms in total. The largest absolute Gasteiger partial charge is 0.497 e. The van der Waals surface area contributed by atoms with Gasteiger partial charge in [0.1, 0.15) is 34.5 Å². The molecule has 0 spiro atoms. The first-order valence-corrected chi connectivity index (χ1v) is 18.3. The number of nitrogens with one attached hydrogen (secondary N) is 2. The summed E-state index contributed by atoms with van der Waals surface area (Å²) in [6.07, 6.45) is 2.21. The van der Waals surface area contributed by atoms with Crippen molar-refractivity contribution in [2.45, 2.75) is 51.6 Å². The van der Waals surface area contributed by atoms with Crippen molar-refractivity contribution in [2.75, 3.05) is 30.8 Å². The highest BCUT2D eigenvalue weighted by molar-refractivity contribution is 6.02. The summed E-state index contributed by atoms with van der Waals surface area (Å²) in [5.74, 6) is -1.40. The van der Waals surface area contributed by atoms with Crippen molar-refractivity contribution in [3.63, 3.8) is 0 Å². The highest BCUT2D eigenvalue weighted by Gasteiger charge is 2.35. The zero-order chi connectivity index (χ0) is 41.1. The van der Waals surface area contributed by atoms with Crippen LogP contribution >= 0.6 is 0 Å².